The molecule has 0 bridgehead atoms. The van der Waals surface area contributed by atoms with Gasteiger partial charge in [-0.2, -0.15) is 0 Å². The lowest BCUT2D eigenvalue weighted by Gasteiger charge is -2.44. The number of nitrogens with zero attached hydrogens (tertiary/aromatic N) is 2. The SMILES string of the molecule is CSc1ccccc1C(=O)N(CC1(C)CCC1)[C@H]1CCN(C(=O)O)C1. The second-order valence-corrected chi connectivity index (χ2v) is 8.32. The predicted molar refractivity (Wildman–Crippen MR) is 99.2 cm³/mol. The highest BCUT2D eigenvalue weighted by Crippen LogP contribution is 2.42. The van der Waals surface area contributed by atoms with Crippen molar-refractivity contribution in [2.24, 2.45) is 5.41 Å². The summed E-state index contributed by atoms with van der Waals surface area (Å²) in [6.45, 7) is 3.87. The van der Waals surface area contributed by atoms with Crippen LogP contribution in [0.25, 0.3) is 0 Å². The summed E-state index contributed by atoms with van der Waals surface area (Å²) in [5.41, 5.74) is 0.896. The van der Waals surface area contributed by atoms with Crippen molar-refractivity contribution in [3.05, 3.63) is 29.8 Å². The number of carboxylic acid groups (broad SMARTS) is 1. The van der Waals surface area contributed by atoms with Crippen LogP contribution in [-0.2, 0) is 0 Å². The molecule has 0 radical (unpaired) electrons. The van der Waals surface area contributed by atoms with Gasteiger partial charge in [-0.1, -0.05) is 25.5 Å². The molecule has 1 saturated heterocycles. The van der Waals surface area contributed by atoms with Crippen LogP contribution < -0.4 is 0 Å². The van der Waals surface area contributed by atoms with E-state index in [1.54, 1.807) is 11.8 Å². The molecule has 2 fully saturated rings. The summed E-state index contributed by atoms with van der Waals surface area (Å²) >= 11 is 1.57. The molecule has 1 saturated carbocycles. The molecule has 5 nitrogen and oxygen atoms in total. The number of amides is 2. The van der Waals surface area contributed by atoms with Crippen molar-refractivity contribution < 1.29 is 14.7 Å². The smallest absolute Gasteiger partial charge is 0.407 e. The van der Waals surface area contributed by atoms with E-state index in [2.05, 4.69) is 6.92 Å². The Labute approximate surface area is 153 Å². The lowest BCUT2D eigenvalue weighted by molar-refractivity contribution is 0.0407. The van der Waals surface area contributed by atoms with Crippen molar-refractivity contribution in [2.75, 3.05) is 25.9 Å². The lowest BCUT2D eigenvalue weighted by Crippen LogP contribution is -2.49. The maximum absolute atomic E-state index is 13.4. The van der Waals surface area contributed by atoms with Gasteiger partial charge in [-0.15, -0.1) is 11.8 Å². The number of carbonyl (C=O) groups is 2. The van der Waals surface area contributed by atoms with Crippen LogP contribution in [0.5, 0.6) is 0 Å². The zero-order chi connectivity index (χ0) is 18.0. The molecule has 1 aliphatic carbocycles. The molecule has 1 aromatic rings. The van der Waals surface area contributed by atoms with Crippen LogP contribution in [0, 0.1) is 5.41 Å². The molecule has 0 unspecified atom stereocenters. The molecule has 136 valence electrons. The summed E-state index contributed by atoms with van der Waals surface area (Å²) in [7, 11) is 0. The first-order chi connectivity index (χ1) is 11.9. The summed E-state index contributed by atoms with van der Waals surface area (Å²) in [5, 5.41) is 9.26. The van der Waals surface area contributed by atoms with E-state index in [-0.39, 0.29) is 17.4 Å². The Balaban J connectivity index is 1.85. The topological polar surface area (TPSA) is 60.9 Å². The molecular formula is C19H26N2O3S. The van der Waals surface area contributed by atoms with Gasteiger partial charge in [0.1, 0.15) is 0 Å². The minimum Gasteiger partial charge on any atom is -0.465 e. The number of hydrogen-bond acceptors (Lipinski definition) is 3. The molecule has 3 rings (SSSR count). The highest BCUT2D eigenvalue weighted by atomic mass is 32.2. The fourth-order valence-corrected chi connectivity index (χ4v) is 4.45. The van der Waals surface area contributed by atoms with Gasteiger partial charge in [0.2, 0.25) is 0 Å². The van der Waals surface area contributed by atoms with E-state index in [1.165, 1.54) is 11.3 Å². The zero-order valence-corrected chi connectivity index (χ0v) is 15.7. The first-order valence-electron chi connectivity index (χ1n) is 8.85. The molecule has 2 amide bonds. The first-order valence-corrected chi connectivity index (χ1v) is 10.1. The van der Waals surface area contributed by atoms with E-state index < -0.39 is 6.09 Å². The number of rotatable bonds is 5. The molecule has 1 aliphatic heterocycles. The van der Waals surface area contributed by atoms with Gasteiger partial charge >= 0.3 is 6.09 Å². The summed E-state index contributed by atoms with van der Waals surface area (Å²) in [6.07, 6.45) is 5.29. The minimum absolute atomic E-state index is 0.0315. The van der Waals surface area contributed by atoms with Crippen molar-refractivity contribution >= 4 is 23.8 Å². The fourth-order valence-electron chi connectivity index (χ4n) is 3.86. The van der Waals surface area contributed by atoms with Gasteiger partial charge in [0, 0.05) is 24.5 Å². The molecule has 1 N–H and O–H groups in total. The van der Waals surface area contributed by atoms with Crippen molar-refractivity contribution in [2.45, 2.75) is 43.5 Å². The van der Waals surface area contributed by atoms with Gasteiger partial charge in [-0.05, 0) is 43.1 Å². The molecule has 1 aromatic carbocycles. The highest BCUT2D eigenvalue weighted by Gasteiger charge is 2.40. The molecule has 6 heteroatoms. The Morgan fingerprint density at radius 3 is 2.64 bits per heavy atom. The third-order valence-electron chi connectivity index (χ3n) is 5.59. The standard InChI is InChI=1S/C19H26N2O3S/c1-19(9-5-10-19)13-21(14-8-11-20(12-14)18(23)24)17(22)15-6-3-4-7-16(15)25-2/h3-4,6-7,14H,5,8-13H2,1-2H3,(H,23,24)/t14-/m0/s1. The average Bonchev–Trinajstić information content (AvgIpc) is 3.07. The number of carbonyl (C=O) groups excluding carboxylic acids is 1. The summed E-state index contributed by atoms with van der Waals surface area (Å²) in [5.74, 6) is 0.0373. The van der Waals surface area contributed by atoms with Gasteiger partial charge < -0.3 is 14.9 Å². The maximum atomic E-state index is 13.4. The fraction of sp³-hybridized carbons (Fsp3) is 0.579. The predicted octanol–water partition coefficient (Wildman–Crippen LogP) is 3.79. The van der Waals surface area contributed by atoms with Crippen molar-refractivity contribution in [3.63, 3.8) is 0 Å². The van der Waals surface area contributed by atoms with Crippen molar-refractivity contribution in [1.29, 1.82) is 0 Å². The van der Waals surface area contributed by atoms with E-state index in [1.807, 2.05) is 35.4 Å². The minimum atomic E-state index is -0.894. The van der Waals surface area contributed by atoms with E-state index in [0.717, 1.165) is 29.7 Å². The zero-order valence-electron chi connectivity index (χ0n) is 14.9. The van der Waals surface area contributed by atoms with Crippen molar-refractivity contribution in [1.82, 2.24) is 9.80 Å². The van der Waals surface area contributed by atoms with Gasteiger partial charge in [0.25, 0.3) is 5.91 Å². The Morgan fingerprint density at radius 2 is 2.08 bits per heavy atom. The summed E-state index contributed by atoms with van der Waals surface area (Å²) in [4.78, 5) is 29.0. The van der Waals surface area contributed by atoms with E-state index in [0.29, 0.717) is 19.6 Å². The molecule has 0 aromatic heterocycles. The normalized spacial score (nSPS) is 21.7. The van der Waals surface area contributed by atoms with Gasteiger partial charge in [0.05, 0.1) is 11.6 Å². The van der Waals surface area contributed by atoms with E-state index >= 15 is 0 Å². The third kappa shape index (κ3) is 3.78. The van der Waals surface area contributed by atoms with Crippen LogP contribution in [0.4, 0.5) is 4.79 Å². The molecule has 1 atom stereocenters. The second-order valence-electron chi connectivity index (χ2n) is 7.47. The van der Waals surface area contributed by atoms with Crippen LogP contribution in [0.2, 0.25) is 0 Å². The highest BCUT2D eigenvalue weighted by molar-refractivity contribution is 7.98. The third-order valence-corrected chi connectivity index (χ3v) is 6.38. The average molecular weight is 362 g/mol. The number of benzene rings is 1. The molecule has 0 spiro atoms. The van der Waals surface area contributed by atoms with Gasteiger partial charge in [0.15, 0.2) is 0 Å². The number of hydrogen-bond donors (Lipinski definition) is 1. The maximum Gasteiger partial charge on any atom is 0.407 e. The van der Waals surface area contributed by atoms with E-state index in [4.69, 9.17) is 0 Å². The Morgan fingerprint density at radius 1 is 1.36 bits per heavy atom. The van der Waals surface area contributed by atoms with Crippen LogP contribution in [0.3, 0.4) is 0 Å². The second kappa shape index (κ2) is 7.28. The number of thioether (sulfide) groups is 1. The van der Waals surface area contributed by atoms with Gasteiger partial charge in [-0.3, -0.25) is 4.79 Å². The largest absolute Gasteiger partial charge is 0.465 e. The molecular weight excluding hydrogens is 336 g/mol. The van der Waals surface area contributed by atoms with Gasteiger partial charge in [-0.25, -0.2) is 4.79 Å². The summed E-state index contributed by atoms with van der Waals surface area (Å²) in [6, 6.07) is 7.67. The Bertz CT molecular complexity index is 660. The van der Waals surface area contributed by atoms with Crippen LogP contribution in [0.15, 0.2) is 29.2 Å². The van der Waals surface area contributed by atoms with Crippen LogP contribution >= 0.6 is 11.8 Å². The quantitative estimate of drug-likeness (QED) is 0.810. The first kappa shape index (κ1) is 18.1. The molecule has 2 aliphatic rings. The molecule has 25 heavy (non-hydrogen) atoms. The van der Waals surface area contributed by atoms with Crippen molar-refractivity contribution in [3.8, 4) is 0 Å². The molecule has 1 heterocycles. The Hall–Kier alpha value is -1.69. The van der Waals surface area contributed by atoms with Crippen LogP contribution in [0.1, 0.15) is 43.0 Å². The lowest BCUT2D eigenvalue weighted by atomic mass is 9.70. The summed E-state index contributed by atoms with van der Waals surface area (Å²) < 4.78 is 0. The monoisotopic (exact) mass is 362 g/mol. The van der Waals surface area contributed by atoms with Crippen LogP contribution in [-0.4, -0.2) is 58.8 Å². The number of likely N-dealkylation sites (tertiary alicyclic amines) is 1. The van der Waals surface area contributed by atoms with E-state index in [9.17, 15) is 14.7 Å². The Kier molecular flexibility index (Phi) is 5.27.